The van der Waals surface area contributed by atoms with Gasteiger partial charge in [-0.2, -0.15) is 5.09 Å². The Kier molecular flexibility index (Phi) is 8.49. The summed E-state index contributed by atoms with van der Waals surface area (Å²) in [5.74, 6) is -0.343. The first-order valence-electron chi connectivity index (χ1n) is 13.7. The van der Waals surface area contributed by atoms with Crippen LogP contribution in [0.15, 0.2) is 64.3 Å². The fourth-order valence-corrected chi connectivity index (χ4v) is 6.58. The third-order valence-corrected chi connectivity index (χ3v) is 9.12. The molecule has 3 N–H and O–H groups in total. The summed E-state index contributed by atoms with van der Waals surface area (Å²) < 4.78 is 38.5. The highest BCUT2D eigenvalue weighted by Crippen LogP contribution is 2.62. The van der Waals surface area contributed by atoms with Gasteiger partial charge in [0.25, 0.3) is 5.56 Å². The second-order valence-corrected chi connectivity index (χ2v) is 12.1. The van der Waals surface area contributed by atoms with Crippen LogP contribution < -0.4 is 20.9 Å². The van der Waals surface area contributed by atoms with E-state index in [1.54, 1.807) is 12.1 Å². The highest BCUT2D eigenvalue weighted by atomic mass is 31.2. The third-order valence-electron chi connectivity index (χ3n) is 7.49. The van der Waals surface area contributed by atoms with Gasteiger partial charge in [0.2, 0.25) is 0 Å². The molecule has 1 spiro atoms. The molecule has 1 aromatic heterocycles. The van der Waals surface area contributed by atoms with Gasteiger partial charge in [-0.25, -0.2) is 9.36 Å². The smallest absolute Gasteiger partial charge is 0.459 e. The number of rotatable bonds is 12. The van der Waals surface area contributed by atoms with Crippen molar-refractivity contribution < 1.29 is 33.0 Å². The van der Waals surface area contributed by atoms with Gasteiger partial charge in [-0.1, -0.05) is 49.7 Å². The molecule has 1 saturated heterocycles. The molecule has 12 nitrogen and oxygen atoms in total. The quantitative estimate of drug-likeness (QED) is 0.163. The molecule has 13 heteroatoms. The lowest BCUT2D eigenvalue weighted by atomic mass is 9.96. The maximum absolute atomic E-state index is 14.2. The van der Waals surface area contributed by atoms with Gasteiger partial charge in [0, 0.05) is 23.1 Å². The van der Waals surface area contributed by atoms with E-state index in [0.717, 1.165) is 11.8 Å². The van der Waals surface area contributed by atoms with Gasteiger partial charge in [-0.3, -0.25) is 23.7 Å². The highest BCUT2D eigenvalue weighted by molar-refractivity contribution is 7.52. The summed E-state index contributed by atoms with van der Waals surface area (Å²) in [6.07, 6.45) is 1.16. The van der Waals surface area contributed by atoms with Crippen molar-refractivity contribution in [2.75, 3.05) is 13.2 Å². The molecule has 2 aliphatic rings. The van der Waals surface area contributed by atoms with Crippen LogP contribution in [0.4, 0.5) is 0 Å². The van der Waals surface area contributed by atoms with Crippen LogP contribution in [0.2, 0.25) is 0 Å². The summed E-state index contributed by atoms with van der Waals surface area (Å²) in [7, 11) is -4.26. The number of nitrogens with zero attached hydrogens (tertiary/aromatic N) is 1. The van der Waals surface area contributed by atoms with E-state index in [4.69, 9.17) is 18.5 Å². The van der Waals surface area contributed by atoms with Crippen molar-refractivity contribution in [1.29, 1.82) is 0 Å². The molecular formula is C28H34N3O9P. The Morgan fingerprint density at radius 1 is 1.22 bits per heavy atom. The van der Waals surface area contributed by atoms with Gasteiger partial charge in [0.1, 0.15) is 24.1 Å². The number of esters is 1. The van der Waals surface area contributed by atoms with Crippen LogP contribution in [-0.4, -0.2) is 52.1 Å². The molecule has 220 valence electrons. The van der Waals surface area contributed by atoms with Crippen molar-refractivity contribution in [3.63, 3.8) is 0 Å². The fraction of sp³-hybridized carbons (Fsp3) is 0.464. The Morgan fingerprint density at radius 2 is 1.98 bits per heavy atom. The molecule has 1 aliphatic carbocycles. The first kappa shape index (κ1) is 29.2. The average Bonchev–Trinajstić information content (AvgIpc) is 3.70. The predicted molar refractivity (Wildman–Crippen MR) is 150 cm³/mol. The maximum Gasteiger partial charge on any atom is 0.459 e. The van der Waals surface area contributed by atoms with E-state index in [-0.39, 0.29) is 19.0 Å². The Hall–Kier alpha value is -3.28. The molecule has 0 amide bonds. The molecule has 1 saturated carbocycles. The van der Waals surface area contributed by atoms with E-state index in [9.17, 15) is 24.1 Å². The molecule has 0 radical (unpaired) electrons. The first-order valence-corrected chi connectivity index (χ1v) is 15.2. The van der Waals surface area contributed by atoms with E-state index in [0.29, 0.717) is 24.6 Å². The van der Waals surface area contributed by atoms with Crippen molar-refractivity contribution in [1.82, 2.24) is 14.6 Å². The summed E-state index contributed by atoms with van der Waals surface area (Å²) in [6, 6.07) is 12.8. The van der Waals surface area contributed by atoms with E-state index in [1.807, 2.05) is 37.3 Å². The topological polar surface area (TPSA) is 158 Å². The molecule has 3 aromatic rings. The number of aromatic nitrogens is 2. The molecule has 2 heterocycles. The number of aliphatic hydroxyl groups is 1. The minimum Gasteiger partial charge on any atom is -0.465 e. The molecule has 1 aliphatic heterocycles. The molecule has 5 rings (SSSR count). The van der Waals surface area contributed by atoms with Gasteiger partial charge in [-0.05, 0) is 37.6 Å². The molecule has 5 atom stereocenters. The average molecular weight is 588 g/mol. The highest BCUT2D eigenvalue weighted by Gasteiger charge is 2.64. The maximum atomic E-state index is 14.2. The van der Waals surface area contributed by atoms with E-state index >= 15 is 0 Å². The molecule has 2 fully saturated rings. The number of nitrogens with one attached hydrogen (secondary N) is 2. The lowest BCUT2D eigenvalue weighted by Crippen LogP contribution is -2.37. The number of H-pyrrole nitrogens is 1. The van der Waals surface area contributed by atoms with Gasteiger partial charge in [0.05, 0.1) is 19.3 Å². The lowest BCUT2D eigenvalue weighted by Gasteiger charge is -2.25. The van der Waals surface area contributed by atoms with Crippen LogP contribution in [0.25, 0.3) is 10.8 Å². The van der Waals surface area contributed by atoms with E-state index in [2.05, 4.69) is 10.1 Å². The van der Waals surface area contributed by atoms with Crippen molar-refractivity contribution in [2.45, 2.75) is 64.0 Å². The third kappa shape index (κ3) is 6.17. The number of ether oxygens (including phenoxy) is 2. The zero-order chi connectivity index (χ0) is 29.2. The minimum atomic E-state index is -4.26. The van der Waals surface area contributed by atoms with Crippen LogP contribution in [0.3, 0.4) is 0 Å². The van der Waals surface area contributed by atoms with E-state index in [1.165, 1.54) is 23.8 Å². The zero-order valence-corrected chi connectivity index (χ0v) is 23.8. The summed E-state index contributed by atoms with van der Waals surface area (Å²) in [4.78, 5) is 38.8. The number of benzene rings is 2. The van der Waals surface area contributed by atoms with E-state index < -0.39 is 54.9 Å². The normalized spacial score (nSPS) is 23.2. The number of hydrogen-bond donors (Lipinski definition) is 3. The second-order valence-electron chi connectivity index (χ2n) is 10.5. The van der Waals surface area contributed by atoms with Crippen LogP contribution in [0.1, 0.15) is 45.8 Å². The molecular weight excluding hydrogens is 553 g/mol. The number of unbranched alkanes of at least 4 members (excludes halogenated alkanes) is 1. The number of carbonyl (C=O) groups is 1. The number of aromatic amines is 1. The Bertz CT molecular complexity index is 1560. The Morgan fingerprint density at radius 3 is 2.71 bits per heavy atom. The summed E-state index contributed by atoms with van der Waals surface area (Å²) >= 11 is 0. The number of carbonyl (C=O) groups excluding carboxylic acids is 1. The molecule has 0 bridgehead atoms. The van der Waals surface area contributed by atoms with Gasteiger partial charge in [-0.15, -0.1) is 0 Å². The molecule has 41 heavy (non-hydrogen) atoms. The summed E-state index contributed by atoms with van der Waals surface area (Å²) in [6.45, 7) is 3.32. The number of fused-ring (bicyclic) bond motifs is 1. The SMILES string of the molecule is CCCCOC(=O)C(C)NP(=O)(OCC1OC(n2ccc(=O)[nH]c2=O)C2(CC2)C1O)Oc1cccc2ccccc12. The van der Waals surface area contributed by atoms with Crippen molar-refractivity contribution in [2.24, 2.45) is 5.41 Å². The summed E-state index contributed by atoms with van der Waals surface area (Å²) in [5.41, 5.74) is -1.96. The van der Waals surface area contributed by atoms with Gasteiger partial charge < -0.3 is 19.1 Å². The van der Waals surface area contributed by atoms with Crippen LogP contribution >= 0.6 is 7.75 Å². The van der Waals surface area contributed by atoms with Gasteiger partial charge >= 0.3 is 19.4 Å². The largest absolute Gasteiger partial charge is 0.465 e. The monoisotopic (exact) mass is 587 g/mol. The second kappa shape index (κ2) is 11.9. The first-order chi connectivity index (χ1) is 19.7. The van der Waals surface area contributed by atoms with Crippen molar-refractivity contribution in [3.8, 4) is 5.75 Å². The summed E-state index contributed by atoms with van der Waals surface area (Å²) in [5, 5.41) is 15.4. The molecule has 5 unspecified atom stereocenters. The van der Waals surface area contributed by atoms with Crippen LogP contribution in [-0.2, 0) is 23.4 Å². The standard InChI is InChI=1S/C28H34N3O9P/c1-3-4-16-37-25(34)18(2)30-41(36,40-21-11-7-9-19-8-5-6-10-20(19)21)38-17-22-24(33)28(13-14-28)26(39-22)31-15-12-23(32)29-27(31)35/h5-12,15,18,22,24,26,33H,3-4,13-14,16-17H2,1-2H3,(H,30,36)(H,29,32,35). The molecule has 2 aromatic carbocycles. The zero-order valence-electron chi connectivity index (χ0n) is 22.9. The number of hydrogen-bond acceptors (Lipinski definition) is 9. The lowest BCUT2D eigenvalue weighted by molar-refractivity contribution is -0.145. The Balaban J connectivity index is 1.37. The van der Waals surface area contributed by atoms with Crippen LogP contribution in [0.5, 0.6) is 5.75 Å². The van der Waals surface area contributed by atoms with Crippen LogP contribution in [0, 0.1) is 5.41 Å². The minimum absolute atomic E-state index is 0.229. The Labute approximate surface area is 236 Å². The van der Waals surface area contributed by atoms with Crippen molar-refractivity contribution in [3.05, 3.63) is 75.6 Å². The fourth-order valence-electron chi connectivity index (χ4n) is 5.06. The van der Waals surface area contributed by atoms with Gasteiger partial charge in [0.15, 0.2) is 0 Å². The van der Waals surface area contributed by atoms with Crippen molar-refractivity contribution >= 4 is 24.5 Å². The predicted octanol–water partition coefficient (Wildman–Crippen LogP) is 3.25. The number of aliphatic hydroxyl groups excluding tert-OH is 1.